The van der Waals surface area contributed by atoms with Crippen LogP contribution in [0.2, 0.25) is 0 Å². The summed E-state index contributed by atoms with van der Waals surface area (Å²) in [7, 11) is 0. The van der Waals surface area contributed by atoms with Gasteiger partial charge in [0.25, 0.3) is 0 Å². The minimum atomic E-state index is -4.95. The van der Waals surface area contributed by atoms with Crippen molar-refractivity contribution >= 4 is 17.5 Å². The first kappa shape index (κ1) is 11.4. The average Bonchev–Trinajstić information content (AvgIpc) is 2.57. The van der Waals surface area contributed by atoms with Crippen LogP contribution in [-0.2, 0) is 4.79 Å². The van der Waals surface area contributed by atoms with E-state index in [0.717, 1.165) is 5.56 Å². The minimum absolute atomic E-state index is 0.355. The number of nitrogens with zero attached hydrogens (tertiary/aromatic N) is 3. The molecule has 17 heavy (non-hydrogen) atoms. The highest BCUT2D eigenvalue weighted by Gasteiger charge is 2.39. The topological polar surface area (TPSA) is 59.3 Å². The van der Waals surface area contributed by atoms with E-state index in [4.69, 9.17) is 0 Å². The molecular weight excluding hydrogens is 237 g/mol. The minimum Gasteiger partial charge on any atom is -0.285 e. The van der Waals surface area contributed by atoms with Crippen LogP contribution < -0.4 is 5.32 Å². The Bertz CT molecular complexity index is 575. The van der Waals surface area contributed by atoms with Crippen molar-refractivity contribution in [2.75, 3.05) is 5.32 Å². The summed E-state index contributed by atoms with van der Waals surface area (Å²) >= 11 is 0. The van der Waals surface area contributed by atoms with E-state index >= 15 is 0 Å². The van der Waals surface area contributed by atoms with Gasteiger partial charge in [0.2, 0.25) is 5.95 Å². The Morgan fingerprint density at radius 2 is 2.12 bits per heavy atom. The molecule has 0 atom stereocenters. The van der Waals surface area contributed by atoms with Gasteiger partial charge in [0.1, 0.15) is 0 Å². The Morgan fingerprint density at radius 3 is 2.76 bits per heavy atom. The summed E-state index contributed by atoms with van der Waals surface area (Å²) in [6.45, 7) is 1.80. The number of alkyl halides is 3. The van der Waals surface area contributed by atoms with Crippen LogP contribution in [0.4, 0.5) is 19.1 Å². The lowest BCUT2D eigenvalue weighted by Gasteiger charge is -2.03. The number of aromatic nitrogens is 3. The van der Waals surface area contributed by atoms with E-state index < -0.39 is 12.1 Å². The predicted molar refractivity (Wildman–Crippen MR) is 52.4 cm³/mol. The molecule has 0 unspecified atom stereocenters. The largest absolute Gasteiger partial charge is 0.471 e. The molecule has 2 aromatic heterocycles. The second-order valence-corrected chi connectivity index (χ2v) is 3.40. The fourth-order valence-electron chi connectivity index (χ4n) is 1.21. The third kappa shape index (κ3) is 2.35. The molecule has 0 spiro atoms. The van der Waals surface area contributed by atoms with E-state index in [1.165, 1.54) is 4.52 Å². The van der Waals surface area contributed by atoms with Crippen molar-refractivity contribution < 1.29 is 18.0 Å². The van der Waals surface area contributed by atoms with Crippen molar-refractivity contribution in [1.29, 1.82) is 0 Å². The van der Waals surface area contributed by atoms with Gasteiger partial charge in [-0.05, 0) is 18.6 Å². The number of hydrogen-bond donors (Lipinski definition) is 1. The molecule has 2 aromatic rings. The number of rotatable bonds is 1. The van der Waals surface area contributed by atoms with Crippen molar-refractivity contribution in [2.45, 2.75) is 13.1 Å². The monoisotopic (exact) mass is 244 g/mol. The molecule has 0 aromatic carbocycles. The molecule has 0 aliphatic rings. The van der Waals surface area contributed by atoms with Crippen molar-refractivity contribution in [1.82, 2.24) is 14.6 Å². The molecule has 90 valence electrons. The maximum Gasteiger partial charge on any atom is 0.471 e. The average molecular weight is 244 g/mol. The standard InChI is InChI=1S/C9H7F3N4O/c1-5-2-3-6-13-8(15-16(6)4-5)14-7(17)9(10,11)12/h2-4H,1H3,(H,14,15,17). The molecule has 1 N–H and O–H groups in total. The molecule has 0 fully saturated rings. The van der Waals surface area contributed by atoms with Crippen LogP contribution in [0, 0.1) is 6.92 Å². The molecule has 8 heteroatoms. The summed E-state index contributed by atoms with van der Waals surface area (Å²) in [5.74, 6) is -2.47. The summed E-state index contributed by atoms with van der Waals surface area (Å²) in [5.41, 5.74) is 1.23. The quantitative estimate of drug-likeness (QED) is 0.827. The number of amides is 1. The highest BCUT2D eigenvalue weighted by molar-refractivity contribution is 5.93. The lowest BCUT2D eigenvalue weighted by molar-refractivity contribution is -0.167. The van der Waals surface area contributed by atoms with Crippen LogP contribution in [0.5, 0.6) is 0 Å². The molecular formula is C9H7F3N4O. The second-order valence-electron chi connectivity index (χ2n) is 3.40. The number of fused-ring (bicyclic) bond motifs is 1. The first-order chi connectivity index (χ1) is 7.86. The van der Waals surface area contributed by atoms with Gasteiger partial charge in [0.05, 0.1) is 0 Å². The zero-order chi connectivity index (χ0) is 12.6. The van der Waals surface area contributed by atoms with Gasteiger partial charge in [-0.25, -0.2) is 4.52 Å². The number of halogens is 3. The van der Waals surface area contributed by atoms with Crippen molar-refractivity contribution in [3.8, 4) is 0 Å². The third-order valence-corrected chi connectivity index (χ3v) is 1.96. The molecule has 0 radical (unpaired) electrons. The Hall–Kier alpha value is -2.12. The highest BCUT2D eigenvalue weighted by atomic mass is 19.4. The summed E-state index contributed by atoms with van der Waals surface area (Å²) in [6, 6.07) is 3.32. The highest BCUT2D eigenvalue weighted by Crippen LogP contribution is 2.17. The fraction of sp³-hybridized carbons (Fsp3) is 0.222. The van der Waals surface area contributed by atoms with Crippen molar-refractivity contribution in [2.24, 2.45) is 0 Å². The van der Waals surface area contributed by atoms with E-state index in [0.29, 0.717) is 5.65 Å². The molecule has 5 nitrogen and oxygen atoms in total. The van der Waals surface area contributed by atoms with Gasteiger partial charge in [-0.1, -0.05) is 6.07 Å². The summed E-state index contributed by atoms with van der Waals surface area (Å²) < 4.78 is 37.2. The maximum absolute atomic E-state index is 12.0. The van der Waals surface area contributed by atoms with E-state index in [-0.39, 0.29) is 5.95 Å². The number of nitrogens with one attached hydrogen (secondary N) is 1. The van der Waals surface area contributed by atoms with E-state index in [9.17, 15) is 18.0 Å². The van der Waals surface area contributed by atoms with Crippen LogP contribution >= 0.6 is 0 Å². The van der Waals surface area contributed by atoms with Gasteiger partial charge in [0, 0.05) is 6.20 Å². The summed E-state index contributed by atoms with van der Waals surface area (Å²) in [6.07, 6.45) is -3.36. The Balaban J connectivity index is 2.29. The lowest BCUT2D eigenvalue weighted by atomic mass is 10.3. The summed E-state index contributed by atoms with van der Waals surface area (Å²) in [4.78, 5) is 14.4. The van der Waals surface area contributed by atoms with E-state index in [2.05, 4.69) is 10.1 Å². The van der Waals surface area contributed by atoms with Crippen LogP contribution in [0.3, 0.4) is 0 Å². The molecule has 0 aliphatic heterocycles. The molecule has 2 rings (SSSR count). The zero-order valence-corrected chi connectivity index (χ0v) is 8.62. The van der Waals surface area contributed by atoms with Gasteiger partial charge in [-0.15, -0.1) is 5.10 Å². The number of carbonyl (C=O) groups excluding carboxylic acids is 1. The van der Waals surface area contributed by atoms with Crippen molar-refractivity contribution in [3.05, 3.63) is 23.9 Å². The van der Waals surface area contributed by atoms with Crippen LogP contribution in [0.1, 0.15) is 5.56 Å². The smallest absolute Gasteiger partial charge is 0.285 e. The van der Waals surface area contributed by atoms with E-state index in [1.54, 1.807) is 30.6 Å². The van der Waals surface area contributed by atoms with Crippen LogP contribution in [-0.4, -0.2) is 26.7 Å². The number of anilines is 1. The second kappa shape index (κ2) is 3.72. The van der Waals surface area contributed by atoms with Crippen molar-refractivity contribution in [3.63, 3.8) is 0 Å². The maximum atomic E-state index is 12.0. The molecule has 1 amide bonds. The van der Waals surface area contributed by atoms with Gasteiger partial charge in [-0.2, -0.15) is 18.2 Å². The number of carbonyl (C=O) groups is 1. The Kier molecular flexibility index (Phi) is 2.49. The van der Waals surface area contributed by atoms with Gasteiger partial charge < -0.3 is 0 Å². The number of hydrogen-bond acceptors (Lipinski definition) is 3. The zero-order valence-electron chi connectivity index (χ0n) is 8.62. The third-order valence-electron chi connectivity index (χ3n) is 1.96. The Morgan fingerprint density at radius 1 is 1.41 bits per heavy atom. The fourth-order valence-corrected chi connectivity index (χ4v) is 1.21. The van der Waals surface area contributed by atoms with Gasteiger partial charge in [-0.3, -0.25) is 10.1 Å². The van der Waals surface area contributed by atoms with Gasteiger partial charge in [0.15, 0.2) is 5.65 Å². The first-order valence-electron chi connectivity index (χ1n) is 4.57. The van der Waals surface area contributed by atoms with E-state index in [1.807, 2.05) is 0 Å². The number of aryl methyl sites for hydroxylation is 1. The summed E-state index contributed by atoms with van der Waals surface area (Å²) in [5, 5.41) is 5.28. The molecule has 0 bridgehead atoms. The predicted octanol–water partition coefficient (Wildman–Crippen LogP) is 1.54. The molecule has 0 aliphatic carbocycles. The van der Waals surface area contributed by atoms with Crippen LogP contribution in [0.15, 0.2) is 18.3 Å². The molecule has 0 saturated heterocycles. The molecule has 0 saturated carbocycles. The first-order valence-corrected chi connectivity index (χ1v) is 4.57. The normalized spacial score (nSPS) is 11.8. The Labute approximate surface area is 93.3 Å². The SMILES string of the molecule is Cc1ccc2nc(NC(=O)C(F)(F)F)nn2c1. The molecule has 2 heterocycles. The van der Waals surface area contributed by atoms with Crippen LogP contribution in [0.25, 0.3) is 5.65 Å². The number of pyridine rings is 1. The van der Waals surface area contributed by atoms with Gasteiger partial charge >= 0.3 is 12.1 Å². The lowest BCUT2D eigenvalue weighted by Crippen LogP contribution is -2.30.